The zero-order chi connectivity index (χ0) is 14.4. The molecule has 1 aromatic carbocycles. The summed E-state index contributed by atoms with van der Waals surface area (Å²) in [5.41, 5.74) is 0.139. The van der Waals surface area contributed by atoms with E-state index in [4.69, 9.17) is 9.84 Å². The molecule has 106 valence electrons. The topological polar surface area (TPSA) is 87.0 Å². The largest absolute Gasteiger partial charge is 0.508 e. The van der Waals surface area contributed by atoms with Crippen molar-refractivity contribution in [2.45, 2.75) is 32.0 Å². The summed E-state index contributed by atoms with van der Waals surface area (Å²) in [6.07, 6.45) is -1.49. The molecule has 6 heteroatoms. The molecule has 3 N–H and O–H groups in total. The molecule has 2 atom stereocenters. The number of rotatable bonds is 6. The second kappa shape index (κ2) is 7.06. The lowest BCUT2D eigenvalue weighted by atomic mass is 10.0. The molecule has 1 rings (SSSR count). The maximum Gasteiger partial charge on any atom is 0.303 e. The van der Waals surface area contributed by atoms with Gasteiger partial charge in [-0.15, -0.1) is 0 Å². The normalized spacial score (nSPS) is 13.9. The molecule has 0 unspecified atom stereocenters. The first-order valence-corrected chi connectivity index (χ1v) is 5.88. The minimum absolute atomic E-state index is 0.139. The molecule has 0 radical (unpaired) electrons. The second-order valence-corrected chi connectivity index (χ2v) is 4.21. The Morgan fingerprint density at radius 3 is 2.68 bits per heavy atom. The third-order valence-corrected chi connectivity index (χ3v) is 2.62. The Balaban J connectivity index is 2.89. The van der Waals surface area contributed by atoms with Crippen LogP contribution in [0.15, 0.2) is 18.2 Å². The Bertz CT molecular complexity index is 435. The lowest BCUT2D eigenvalue weighted by Crippen LogP contribution is -2.16. The SMILES string of the molecule is CC(=O)O[C@H](CC[C@@H](O)CO)c1cc(F)ccc1O. The Labute approximate surface area is 110 Å². The fourth-order valence-electron chi connectivity index (χ4n) is 1.70. The van der Waals surface area contributed by atoms with Crippen molar-refractivity contribution in [3.05, 3.63) is 29.6 Å². The summed E-state index contributed by atoms with van der Waals surface area (Å²) in [5.74, 6) is -1.33. The summed E-state index contributed by atoms with van der Waals surface area (Å²) in [4.78, 5) is 11.0. The van der Waals surface area contributed by atoms with Gasteiger partial charge in [0.1, 0.15) is 17.7 Å². The van der Waals surface area contributed by atoms with Crippen LogP contribution in [0.4, 0.5) is 4.39 Å². The number of carbonyl (C=O) groups is 1. The summed E-state index contributed by atoms with van der Waals surface area (Å²) in [6, 6.07) is 3.34. The average molecular weight is 272 g/mol. The van der Waals surface area contributed by atoms with E-state index in [-0.39, 0.29) is 24.2 Å². The first-order valence-electron chi connectivity index (χ1n) is 5.88. The lowest BCUT2D eigenvalue weighted by Gasteiger charge is -2.19. The zero-order valence-corrected chi connectivity index (χ0v) is 10.5. The van der Waals surface area contributed by atoms with Crippen molar-refractivity contribution in [2.75, 3.05) is 6.61 Å². The number of hydrogen-bond acceptors (Lipinski definition) is 5. The molecule has 0 aliphatic carbocycles. The predicted molar refractivity (Wildman–Crippen MR) is 64.9 cm³/mol. The Hall–Kier alpha value is -1.66. The third-order valence-electron chi connectivity index (χ3n) is 2.62. The van der Waals surface area contributed by atoms with Crippen LogP contribution < -0.4 is 0 Å². The zero-order valence-electron chi connectivity index (χ0n) is 10.5. The monoisotopic (exact) mass is 272 g/mol. The highest BCUT2D eigenvalue weighted by Gasteiger charge is 2.20. The number of phenols is 1. The van der Waals surface area contributed by atoms with Crippen LogP contribution in [0.3, 0.4) is 0 Å². The first-order chi connectivity index (χ1) is 8.93. The molecule has 0 amide bonds. The molecular formula is C13H17FO5. The van der Waals surface area contributed by atoms with Crippen LogP contribution in [0.25, 0.3) is 0 Å². The molecule has 0 aromatic heterocycles. The van der Waals surface area contributed by atoms with Gasteiger partial charge in [0, 0.05) is 12.5 Å². The number of benzene rings is 1. The van der Waals surface area contributed by atoms with Gasteiger partial charge in [-0.05, 0) is 31.0 Å². The Kier molecular flexibility index (Phi) is 5.72. The molecule has 0 spiro atoms. The van der Waals surface area contributed by atoms with Crippen LogP contribution in [-0.2, 0) is 9.53 Å². The van der Waals surface area contributed by atoms with Gasteiger partial charge in [0.15, 0.2) is 0 Å². The standard InChI is InChI=1S/C13H17FO5/c1-8(16)19-13(5-3-10(17)7-15)11-6-9(14)2-4-12(11)18/h2,4,6,10,13,15,17-18H,3,5,7H2,1H3/t10-,13-/m1/s1. The molecule has 5 nitrogen and oxygen atoms in total. The van der Waals surface area contributed by atoms with Gasteiger partial charge in [0.25, 0.3) is 0 Å². The van der Waals surface area contributed by atoms with Crippen LogP contribution >= 0.6 is 0 Å². The molecule has 0 heterocycles. The quantitative estimate of drug-likeness (QED) is 0.679. The summed E-state index contributed by atoms with van der Waals surface area (Å²) in [5, 5.41) is 27.7. The van der Waals surface area contributed by atoms with Gasteiger partial charge in [0.05, 0.1) is 12.7 Å². The van der Waals surface area contributed by atoms with E-state index in [2.05, 4.69) is 0 Å². The van der Waals surface area contributed by atoms with Crippen molar-refractivity contribution in [1.82, 2.24) is 0 Å². The number of aliphatic hydroxyl groups excluding tert-OH is 2. The van der Waals surface area contributed by atoms with Crippen molar-refractivity contribution < 1.29 is 29.2 Å². The number of aliphatic hydroxyl groups is 2. The van der Waals surface area contributed by atoms with Crippen LogP contribution in [0.1, 0.15) is 31.4 Å². The summed E-state index contributed by atoms with van der Waals surface area (Å²) in [7, 11) is 0. The van der Waals surface area contributed by atoms with E-state index in [0.717, 1.165) is 12.1 Å². The van der Waals surface area contributed by atoms with Gasteiger partial charge in [0.2, 0.25) is 0 Å². The van der Waals surface area contributed by atoms with Crippen LogP contribution in [-0.4, -0.2) is 34.0 Å². The number of phenolic OH excluding ortho intramolecular Hbond substituents is 1. The van der Waals surface area contributed by atoms with Crippen molar-refractivity contribution in [3.63, 3.8) is 0 Å². The molecule has 19 heavy (non-hydrogen) atoms. The highest BCUT2D eigenvalue weighted by molar-refractivity contribution is 5.66. The number of esters is 1. The number of ether oxygens (including phenoxy) is 1. The lowest BCUT2D eigenvalue weighted by molar-refractivity contribution is -0.147. The molecule has 1 aromatic rings. The Morgan fingerprint density at radius 2 is 2.11 bits per heavy atom. The highest BCUT2D eigenvalue weighted by Crippen LogP contribution is 2.31. The average Bonchev–Trinajstić information content (AvgIpc) is 2.36. The fourth-order valence-corrected chi connectivity index (χ4v) is 1.70. The van der Waals surface area contributed by atoms with E-state index in [9.17, 15) is 19.4 Å². The number of aromatic hydroxyl groups is 1. The predicted octanol–water partition coefficient (Wildman–Crippen LogP) is 1.27. The molecule has 0 saturated carbocycles. The van der Waals surface area contributed by atoms with Crippen molar-refractivity contribution in [2.24, 2.45) is 0 Å². The van der Waals surface area contributed by atoms with Crippen molar-refractivity contribution in [1.29, 1.82) is 0 Å². The molecule has 0 aliphatic rings. The molecular weight excluding hydrogens is 255 g/mol. The van der Waals surface area contributed by atoms with Crippen LogP contribution in [0.2, 0.25) is 0 Å². The van der Waals surface area contributed by atoms with Gasteiger partial charge in [-0.1, -0.05) is 0 Å². The van der Waals surface area contributed by atoms with Gasteiger partial charge in [-0.3, -0.25) is 4.79 Å². The van der Waals surface area contributed by atoms with Crippen molar-refractivity contribution >= 4 is 5.97 Å². The molecule has 0 fully saturated rings. The van der Waals surface area contributed by atoms with Gasteiger partial charge >= 0.3 is 5.97 Å². The molecule has 0 saturated heterocycles. The van der Waals surface area contributed by atoms with E-state index < -0.39 is 30.6 Å². The van der Waals surface area contributed by atoms with Crippen LogP contribution in [0, 0.1) is 5.82 Å². The van der Waals surface area contributed by atoms with Crippen LogP contribution in [0.5, 0.6) is 5.75 Å². The van der Waals surface area contributed by atoms with Gasteiger partial charge in [-0.25, -0.2) is 4.39 Å². The Morgan fingerprint density at radius 1 is 1.42 bits per heavy atom. The van der Waals surface area contributed by atoms with E-state index >= 15 is 0 Å². The van der Waals surface area contributed by atoms with Crippen molar-refractivity contribution in [3.8, 4) is 5.75 Å². The van der Waals surface area contributed by atoms with E-state index in [0.29, 0.717) is 0 Å². The number of hydrogen-bond donors (Lipinski definition) is 3. The molecule has 0 aliphatic heterocycles. The van der Waals surface area contributed by atoms with Gasteiger partial charge < -0.3 is 20.1 Å². The minimum Gasteiger partial charge on any atom is -0.508 e. The summed E-state index contributed by atoms with van der Waals surface area (Å²) >= 11 is 0. The maximum atomic E-state index is 13.2. The minimum atomic E-state index is -0.950. The van der Waals surface area contributed by atoms with E-state index in [1.807, 2.05) is 0 Å². The smallest absolute Gasteiger partial charge is 0.303 e. The fraction of sp³-hybridized carbons (Fsp3) is 0.462. The number of halogens is 1. The summed E-state index contributed by atoms with van der Waals surface area (Å²) in [6.45, 7) is 0.785. The second-order valence-electron chi connectivity index (χ2n) is 4.21. The molecule has 0 bridgehead atoms. The maximum absolute atomic E-state index is 13.2. The van der Waals surface area contributed by atoms with Gasteiger partial charge in [-0.2, -0.15) is 0 Å². The summed E-state index contributed by atoms with van der Waals surface area (Å²) < 4.78 is 18.2. The highest BCUT2D eigenvalue weighted by atomic mass is 19.1. The first kappa shape index (κ1) is 15.4. The number of carbonyl (C=O) groups excluding carboxylic acids is 1. The van der Waals surface area contributed by atoms with E-state index in [1.54, 1.807) is 0 Å². The van der Waals surface area contributed by atoms with E-state index in [1.165, 1.54) is 13.0 Å². The third kappa shape index (κ3) is 4.84.